The van der Waals surface area contributed by atoms with Gasteiger partial charge in [-0.1, -0.05) is 0 Å². The summed E-state index contributed by atoms with van der Waals surface area (Å²) in [7, 11) is 3.24. The fraction of sp³-hybridized carbons (Fsp3) is 0.333. The zero-order chi connectivity index (χ0) is 23.5. The van der Waals surface area contributed by atoms with Crippen molar-refractivity contribution in [2.75, 3.05) is 50.7 Å². The molecule has 2 aromatic carbocycles. The number of amides is 1. The van der Waals surface area contributed by atoms with Crippen LogP contribution >= 0.6 is 0 Å². The van der Waals surface area contributed by atoms with E-state index >= 15 is 0 Å². The Morgan fingerprint density at radius 1 is 1.12 bits per heavy atom. The van der Waals surface area contributed by atoms with Crippen LogP contribution in [0.1, 0.15) is 12.5 Å². The van der Waals surface area contributed by atoms with Crippen molar-refractivity contribution in [3.05, 3.63) is 52.1 Å². The molecule has 168 valence electrons. The lowest BCUT2D eigenvalue weighted by molar-refractivity contribution is -0.384. The first-order valence-corrected chi connectivity index (χ1v) is 9.64. The number of anilines is 2. The standard InChI is InChI=1S/C21H24N6O5/c1-15(28)23-21-13-17(26(8-10-31-2)9-11-32-3)4-7-20(21)25-24-19-6-5-18(27(29)30)12-16(19)14-22/h4-7,12-13H,8-11H2,1-3H3,(H,23,28). The minimum absolute atomic E-state index is 0.0194. The number of carbonyl (C=O) groups is 1. The SMILES string of the molecule is COCCN(CCOC)c1ccc(N=Nc2ccc([N+](=O)[O-])cc2C#N)c(NC(C)=O)c1. The number of nitro groups is 1. The molecule has 0 spiro atoms. The van der Waals surface area contributed by atoms with E-state index < -0.39 is 4.92 Å². The predicted molar refractivity (Wildman–Crippen MR) is 119 cm³/mol. The Balaban J connectivity index is 2.40. The van der Waals surface area contributed by atoms with Crippen LogP contribution in [0.3, 0.4) is 0 Å². The Morgan fingerprint density at radius 2 is 1.75 bits per heavy atom. The van der Waals surface area contributed by atoms with Crippen LogP contribution in [0, 0.1) is 21.4 Å². The molecular weight excluding hydrogens is 416 g/mol. The van der Waals surface area contributed by atoms with Crippen LogP contribution in [-0.2, 0) is 14.3 Å². The van der Waals surface area contributed by atoms with Gasteiger partial charge in [0.25, 0.3) is 5.69 Å². The largest absolute Gasteiger partial charge is 0.383 e. The van der Waals surface area contributed by atoms with E-state index in [1.807, 2.05) is 17.0 Å². The number of nitro benzene ring substituents is 1. The number of azo groups is 1. The van der Waals surface area contributed by atoms with Gasteiger partial charge in [0, 0.05) is 52.1 Å². The lowest BCUT2D eigenvalue weighted by Gasteiger charge is -2.25. The van der Waals surface area contributed by atoms with Crippen molar-refractivity contribution in [2.45, 2.75) is 6.92 Å². The van der Waals surface area contributed by atoms with E-state index in [0.717, 1.165) is 11.8 Å². The molecule has 0 heterocycles. The molecule has 0 aliphatic heterocycles. The first-order chi connectivity index (χ1) is 15.4. The smallest absolute Gasteiger partial charge is 0.270 e. The van der Waals surface area contributed by atoms with Gasteiger partial charge in [-0.05, 0) is 24.3 Å². The molecule has 1 N–H and O–H groups in total. The fourth-order valence-corrected chi connectivity index (χ4v) is 2.79. The van der Waals surface area contributed by atoms with Gasteiger partial charge >= 0.3 is 0 Å². The van der Waals surface area contributed by atoms with Crippen molar-refractivity contribution < 1.29 is 19.2 Å². The maximum atomic E-state index is 11.7. The number of benzene rings is 2. The Hall–Kier alpha value is -3.88. The highest BCUT2D eigenvalue weighted by Crippen LogP contribution is 2.33. The minimum atomic E-state index is -0.589. The van der Waals surface area contributed by atoms with E-state index in [9.17, 15) is 20.2 Å². The van der Waals surface area contributed by atoms with Gasteiger partial charge in [0.1, 0.15) is 17.4 Å². The number of hydrogen-bond acceptors (Lipinski definition) is 9. The van der Waals surface area contributed by atoms with E-state index in [2.05, 4.69) is 15.5 Å². The van der Waals surface area contributed by atoms with Crippen LogP contribution < -0.4 is 10.2 Å². The summed E-state index contributed by atoms with van der Waals surface area (Å²) in [5.74, 6) is -0.285. The summed E-state index contributed by atoms with van der Waals surface area (Å²) in [6.45, 7) is 3.64. The van der Waals surface area contributed by atoms with Gasteiger partial charge in [-0.25, -0.2) is 0 Å². The second kappa shape index (κ2) is 12.1. The Bertz CT molecular complexity index is 1030. The summed E-state index contributed by atoms with van der Waals surface area (Å²) in [6, 6.07) is 10.9. The Kier molecular flexibility index (Phi) is 9.22. The summed E-state index contributed by atoms with van der Waals surface area (Å²) in [6.07, 6.45) is 0. The van der Waals surface area contributed by atoms with Crippen LogP contribution in [0.25, 0.3) is 0 Å². The Morgan fingerprint density at radius 3 is 2.31 bits per heavy atom. The Labute approximate surface area is 185 Å². The molecular formula is C21H24N6O5. The van der Waals surface area contributed by atoms with E-state index in [0.29, 0.717) is 37.7 Å². The first kappa shape index (κ1) is 24.4. The van der Waals surface area contributed by atoms with E-state index in [1.165, 1.54) is 19.1 Å². The lowest BCUT2D eigenvalue weighted by Crippen LogP contribution is -2.30. The molecule has 2 aromatic rings. The summed E-state index contributed by atoms with van der Waals surface area (Å²) < 4.78 is 10.3. The van der Waals surface area contributed by atoms with E-state index in [-0.39, 0.29) is 22.8 Å². The molecule has 11 nitrogen and oxygen atoms in total. The highest BCUT2D eigenvalue weighted by molar-refractivity contribution is 5.93. The molecule has 0 saturated carbocycles. The third kappa shape index (κ3) is 6.83. The minimum Gasteiger partial charge on any atom is -0.383 e. The third-order valence-electron chi connectivity index (χ3n) is 4.36. The molecule has 0 radical (unpaired) electrons. The molecule has 0 atom stereocenters. The van der Waals surface area contributed by atoms with Gasteiger partial charge in [0.15, 0.2) is 0 Å². The predicted octanol–water partition coefficient (Wildman–Crippen LogP) is 3.94. The molecule has 0 fully saturated rings. The molecule has 32 heavy (non-hydrogen) atoms. The molecule has 0 aliphatic rings. The summed E-state index contributed by atoms with van der Waals surface area (Å²) in [5, 5.41) is 31.1. The number of nitriles is 1. The fourth-order valence-electron chi connectivity index (χ4n) is 2.79. The van der Waals surface area contributed by atoms with Crippen LogP contribution in [0.4, 0.5) is 28.4 Å². The molecule has 0 aliphatic carbocycles. The van der Waals surface area contributed by atoms with Crippen LogP contribution in [0.2, 0.25) is 0 Å². The van der Waals surface area contributed by atoms with Gasteiger partial charge in [0.2, 0.25) is 5.91 Å². The molecule has 0 saturated heterocycles. The molecule has 2 rings (SSSR count). The average Bonchev–Trinajstić information content (AvgIpc) is 2.77. The number of hydrogen-bond donors (Lipinski definition) is 1. The van der Waals surface area contributed by atoms with Crippen LogP contribution in [-0.4, -0.2) is 51.4 Å². The van der Waals surface area contributed by atoms with Gasteiger partial charge < -0.3 is 19.7 Å². The summed E-state index contributed by atoms with van der Waals surface area (Å²) in [5.41, 5.74) is 1.61. The normalized spacial score (nSPS) is 10.7. The zero-order valence-corrected chi connectivity index (χ0v) is 18.1. The van der Waals surface area contributed by atoms with E-state index in [4.69, 9.17) is 9.47 Å². The number of rotatable bonds is 11. The first-order valence-electron chi connectivity index (χ1n) is 9.64. The monoisotopic (exact) mass is 440 g/mol. The maximum absolute atomic E-state index is 11.7. The number of nitrogens with zero attached hydrogens (tertiary/aromatic N) is 5. The van der Waals surface area contributed by atoms with Gasteiger partial charge in [-0.15, -0.1) is 10.2 Å². The second-order valence-corrected chi connectivity index (χ2v) is 6.63. The highest BCUT2D eigenvalue weighted by atomic mass is 16.6. The number of ether oxygens (including phenoxy) is 2. The van der Waals surface area contributed by atoms with Crippen LogP contribution in [0.15, 0.2) is 46.6 Å². The lowest BCUT2D eigenvalue weighted by atomic mass is 10.2. The van der Waals surface area contributed by atoms with Gasteiger partial charge in [-0.2, -0.15) is 5.26 Å². The molecule has 1 amide bonds. The van der Waals surface area contributed by atoms with Crippen molar-refractivity contribution in [1.82, 2.24) is 0 Å². The van der Waals surface area contributed by atoms with Gasteiger partial charge in [-0.3, -0.25) is 14.9 Å². The van der Waals surface area contributed by atoms with Crippen molar-refractivity contribution >= 4 is 34.3 Å². The van der Waals surface area contributed by atoms with Gasteiger partial charge in [0.05, 0.1) is 29.4 Å². The maximum Gasteiger partial charge on any atom is 0.270 e. The summed E-state index contributed by atoms with van der Waals surface area (Å²) >= 11 is 0. The highest BCUT2D eigenvalue weighted by Gasteiger charge is 2.13. The average molecular weight is 440 g/mol. The molecule has 0 bridgehead atoms. The topological polar surface area (TPSA) is 142 Å². The van der Waals surface area contributed by atoms with Crippen molar-refractivity contribution in [1.29, 1.82) is 5.26 Å². The molecule has 0 unspecified atom stereocenters. The molecule has 0 aromatic heterocycles. The number of carbonyl (C=O) groups excluding carboxylic acids is 1. The third-order valence-corrected chi connectivity index (χ3v) is 4.36. The number of methoxy groups -OCH3 is 2. The summed E-state index contributed by atoms with van der Waals surface area (Å²) in [4.78, 5) is 24.1. The number of nitrogens with one attached hydrogen (secondary N) is 1. The second-order valence-electron chi connectivity index (χ2n) is 6.63. The number of non-ortho nitro benzene ring substituents is 1. The van der Waals surface area contributed by atoms with Crippen LogP contribution in [0.5, 0.6) is 0 Å². The van der Waals surface area contributed by atoms with E-state index in [1.54, 1.807) is 26.4 Å². The van der Waals surface area contributed by atoms with Crippen molar-refractivity contribution in [3.63, 3.8) is 0 Å². The zero-order valence-electron chi connectivity index (χ0n) is 18.1. The van der Waals surface area contributed by atoms with Crippen molar-refractivity contribution in [2.24, 2.45) is 10.2 Å². The van der Waals surface area contributed by atoms with Crippen molar-refractivity contribution in [3.8, 4) is 6.07 Å². The quantitative estimate of drug-likeness (QED) is 0.317. The molecule has 11 heteroatoms.